The van der Waals surface area contributed by atoms with E-state index in [0.717, 1.165) is 6.04 Å². The first-order chi connectivity index (χ1) is 5.66. The molecule has 0 aromatic rings. The number of hydrogen-bond donors (Lipinski definition) is 0. The summed E-state index contributed by atoms with van der Waals surface area (Å²) in [7, 11) is 0. The first-order valence-corrected chi connectivity index (χ1v) is 5.98. The largest absolute Gasteiger partial charge is 0.297 e. The van der Waals surface area contributed by atoms with Crippen LogP contribution in [0.4, 0.5) is 0 Å². The van der Waals surface area contributed by atoms with E-state index >= 15 is 0 Å². The van der Waals surface area contributed by atoms with Crippen LogP contribution in [0, 0.1) is 0 Å². The molecule has 0 aliphatic carbocycles. The van der Waals surface area contributed by atoms with Gasteiger partial charge in [0.05, 0.1) is 0 Å². The quantitative estimate of drug-likeness (QED) is 0.664. The number of alkyl halides is 1. The van der Waals surface area contributed by atoms with E-state index in [1.165, 1.54) is 25.8 Å². The van der Waals surface area contributed by atoms with Crippen molar-refractivity contribution in [2.24, 2.45) is 0 Å². The fourth-order valence-corrected chi connectivity index (χ4v) is 2.61. The summed E-state index contributed by atoms with van der Waals surface area (Å²) in [6.07, 6.45) is 3.96. The molecule has 0 aromatic carbocycles. The number of likely N-dealkylation sites (tertiary alicyclic amines) is 1. The normalized spacial score (nSPS) is 35.0. The van der Waals surface area contributed by atoms with Crippen LogP contribution in [-0.4, -0.2) is 28.4 Å². The predicted octanol–water partition coefficient (Wildman–Crippen LogP) is 3.03. The highest BCUT2D eigenvalue weighted by atomic mass is 79.9. The molecule has 3 atom stereocenters. The van der Waals surface area contributed by atoms with Crippen LogP contribution < -0.4 is 0 Å². The van der Waals surface area contributed by atoms with Crippen LogP contribution in [0.25, 0.3) is 0 Å². The molecule has 1 aliphatic heterocycles. The molecule has 0 radical (unpaired) electrons. The number of hydrogen-bond acceptors (Lipinski definition) is 1. The Hall–Kier alpha value is 0.440. The number of rotatable bonds is 2. The first-order valence-electron chi connectivity index (χ1n) is 5.06. The van der Waals surface area contributed by atoms with Gasteiger partial charge in [-0.3, -0.25) is 4.90 Å². The van der Waals surface area contributed by atoms with E-state index in [1.807, 2.05) is 0 Å². The molecule has 1 fully saturated rings. The summed E-state index contributed by atoms with van der Waals surface area (Å²) < 4.78 is 0. The summed E-state index contributed by atoms with van der Waals surface area (Å²) in [5.41, 5.74) is 0. The third-order valence-corrected chi connectivity index (χ3v) is 4.32. The van der Waals surface area contributed by atoms with E-state index in [0.29, 0.717) is 10.9 Å². The lowest BCUT2D eigenvalue weighted by atomic mass is 10.0. The molecule has 12 heavy (non-hydrogen) atoms. The highest BCUT2D eigenvalue weighted by molar-refractivity contribution is 9.09. The van der Waals surface area contributed by atoms with Crippen LogP contribution >= 0.6 is 15.9 Å². The predicted molar refractivity (Wildman–Crippen MR) is 57.9 cm³/mol. The van der Waals surface area contributed by atoms with E-state index in [9.17, 15) is 0 Å². The van der Waals surface area contributed by atoms with Crippen LogP contribution in [-0.2, 0) is 0 Å². The molecule has 72 valence electrons. The van der Waals surface area contributed by atoms with Gasteiger partial charge in [0, 0.05) is 16.9 Å². The van der Waals surface area contributed by atoms with Crippen molar-refractivity contribution in [1.82, 2.24) is 4.90 Å². The van der Waals surface area contributed by atoms with Crippen molar-refractivity contribution in [1.29, 1.82) is 0 Å². The van der Waals surface area contributed by atoms with E-state index in [4.69, 9.17) is 0 Å². The van der Waals surface area contributed by atoms with Crippen LogP contribution in [0.3, 0.4) is 0 Å². The molecule has 2 heteroatoms. The first kappa shape index (κ1) is 10.5. The average molecular weight is 234 g/mol. The summed E-state index contributed by atoms with van der Waals surface area (Å²) in [5, 5.41) is 0. The minimum Gasteiger partial charge on any atom is -0.297 e. The van der Waals surface area contributed by atoms with Gasteiger partial charge in [-0.1, -0.05) is 22.9 Å². The van der Waals surface area contributed by atoms with Gasteiger partial charge in [0.2, 0.25) is 0 Å². The maximum atomic E-state index is 3.75. The molecular weight excluding hydrogens is 214 g/mol. The maximum absolute atomic E-state index is 3.75. The van der Waals surface area contributed by atoms with Gasteiger partial charge in [0.15, 0.2) is 0 Å². The van der Waals surface area contributed by atoms with E-state index in [-0.39, 0.29) is 0 Å². The van der Waals surface area contributed by atoms with E-state index < -0.39 is 0 Å². The van der Waals surface area contributed by atoms with Gasteiger partial charge in [-0.05, 0) is 39.7 Å². The SMILES string of the molecule is CCC(C)N1CCCC(Br)C1C. The second kappa shape index (κ2) is 4.61. The topological polar surface area (TPSA) is 3.24 Å². The molecule has 1 heterocycles. The van der Waals surface area contributed by atoms with Crippen molar-refractivity contribution in [3.63, 3.8) is 0 Å². The second-order valence-electron chi connectivity index (χ2n) is 3.89. The van der Waals surface area contributed by atoms with Gasteiger partial charge in [-0.2, -0.15) is 0 Å². The molecule has 1 nitrogen and oxygen atoms in total. The Kier molecular flexibility index (Phi) is 4.04. The van der Waals surface area contributed by atoms with Crippen LogP contribution in [0.2, 0.25) is 0 Å². The Bertz CT molecular complexity index is 138. The van der Waals surface area contributed by atoms with Gasteiger partial charge in [0.1, 0.15) is 0 Å². The molecule has 1 aliphatic rings. The van der Waals surface area contributed by atoms with Gasteiger partial charge in [-0.25, -0.2) is 0 Å². The number of halogens is 1. The molecule has 0 N–H and O–H groups in total. The molecule has 0 amide bonds. The highest BCUT2D eigenvalue weighted by Crippen LogP contribution is 2.25. The lowest BCUT2D eigenvalue weighted by Crippen LogP contribution is -2.48. The Labute approximate surface area is 84.6 Å². The number of piperidine rings is 1. The van der Waals surface area contributed by atoms with Crippen LogP contribution in [0.5, 0.6) is 0 Å². The monoisotopic (exact) mass is 233 g/mol. The molecule has 1 saturated heterocycles. The Balaban J connectivity index is 2.51. The fourth-order valence-electron chi connectivity index (χ4n) is 1.98. The molecule has 0 aromatic heterocycles. The highest BCUT2D eigenvalue weighted by Gasteiger charge is 2.28. The summed E-state index contributed by atoms with van der Waals surface area (Å²) in [5.74, 6) is 0. The average Bonchev–Trinajstić information content (AvgIpc) is 2.08. The zero-order chi connectivity index (χ0) is 9.14. The Morgan fingerprint density at radius 2 is 2.25 bits per heavy atom. The van der Waals surface area contributed by atoms with Gasteiger partial charge >= 0.3 is 0 Å². The van der Waals surface area contributed by atoms with Crippen LogP contribution in [0.1, 0.15) is 40.0 Å². The summed E-state index contributed by atoms with van der Waals surface area (Å²) in [6.45, 7) is 8.24. The van der Waals surface area contributed by atoms with Crippen molar-refractivity contribution in [2.45, 2.75) is 56.9 Å². The minimum absolute atomic E-state index is 0.709. The molecule has 0 saturated carbocycles. The van der Waals surface area contributed by atoms with Gasteiger partial charge in [-0.15, -0.1) is 0 Å². The molecule has 1 rings (SSSR count). The van der Waals surface area contributed by atoms with E-state index in [1.54, 1.807) is 0 Å². The molecular formula is C10H20BrN. The van der Waals surface area contributed by atoms with Crippen molar-refractivity contribution < 1.29 is 0 Å². The van der Waals surface area contributed by atoms with Gasteiger partial charge < -0.3 is 0 Å². The standard InChI is InChI=1S/C10H20BrN/c1-4-8(2)12-7-5-6-10(11)9(12)3/h8-10H,4-7H2,1-3H3. The second-order valence-corrected chi connectivity index (χ2v) is 5.07. The summed E-state index contributed by atoms with van der Waals surface area (Å²) in [4.78, 5) is 3.34. The zero-order valence-electron chi connectivity index (χ0n) is 8.39. The molecule has 0 bridgehead atoms. The van der Waals surface area contributed by atoms with E-state index in [2.05, 4.69) is 41.6 Å². The lowest BCUT2D eigenvalue weighted by molar-refractivity contribution is 0.118. The summed E-state index contributed by atoms with van der Waals surface area (Å²) >= 11 is 3.75. The van der Waals surface area contributed by atoms with Crippen molar-refractivity contribution in [3.05, 3.63) is 0 Å². The lowest BCUT2D eigenvalue weighted by Gasteiger charge is -2.40. The third kappa shape index (κ3) is 2.23. The third-order valence-electron chi connectivity index (χ3n) is 3.10. The van der Waals surface area contributed by atoms with Crippen molar-refractivity contribution in [2.75, 3.05) is 6.54 Å². The smallest absolute Gasteiger partial charge is 0.0299 e. The maximum Gasteiger partial charge on any atom is 0.0299 e. The number of nitrogens with zero attached hydrogens (tertiary/aromatic N) is 1. The minimum atomic E-state index is 0.709. The van der Waals surface area contributed by atoms with Gasteiger partial charge in [0.25, 0.3) is 0 Å². The molecule has 3 unspecified atom stereocenters. The Morgan fingerprint density at radius 3 is 2.83 bits per heavy atom. The zero-order valence-corrected chi connectivity index (χ0v) is 9.97. The Morgan fingerprint density at radius 1 is 1.58 bits per heavy atom. The molecule has 0 spiro atoms. The van der Waals surface area contributed by atoms with Crippen molar-refractivity contribution in [3.8, 4) is 0 Å². The fraction of sp³-hybridized carbons (Fsp3) is 1.00. The van der Waals surface area contributed by atoms with Crippen molar-refractivity contribution >= 4 is 15.9 Å². The van der Waals surface area contributed by atoms with Crippen LogP contribution in [0.15, 0.2) is 0 Å². The summed E-state index contributed by atoms with van der Waals surface area (Å²) in [6, 6.07) is 1.47.